The summed E-state index contributed by atoms with van der Waals surface area (Å²) < 4.78 is 5.28. The van der Waals surface area contributed by atoms with Gasteiger partial charge in [0.05, 0.1) is 23.6 Å². The maximum absolute atomic E-state index is 12.7. The molecule has 8 heteroatoms. The summed E-state index contributed by atoms with van der Waals surface area (Å²) in [5, 5.41) is 2.84. The monoisotopic (exact) mass is 399 g/mol. The molecule has 1 aliphatic heterocycles. The number of aryl methyl sites for hydroxylation is 1. The molecule has 2 aromatic rings. The van der Waals surface area contributed by atoms with Crippen LogP contribution in [0, 0.1) is 13.8 Å². The van der Waals surface area contributed by atoms with Gasteiger partial charge < -0.3 is 24.8 Å². The highest BCUT2D eigenvalue weighted by atomic mass is 16.5. The molecule has 3 heterocycles. The first-order valence-corrected chi connectivity index (χ1v) is 9.87. The van der Waals surface area contributed by atoms with E-state index in [0.29, 0.717) is 28.2 Å². The first-order valence-electron chi connectivity index (χ1n) is 9.87. The average molecular weight is 399 g/mol. The zero-order valence-electron chi connectivity index (χ0n) is 17.7. The van der Waals surface area contributed by atoms with Crippen molar-refractivity contribution in [1.29, 1.82) is 0 Å². The number of rotatable bonds is 5. The SMILES string of the molecule is Cc1[nH]c(C(=O)Nc2ccc(N3CCN(C)CC3)nc2)c(C)c1C(=O)OC(C)C. The van der Waals surface area contributed by atoms with Crippen molar-refractivity contribution in [3.63, 3.8) is 0 Å². The Balaban J connectivity index is 1.70. The Morgan fingerprint density at radius 3 is 2.45 bits per heavy atom. The lowest BCUT2D eigenvalue weighted by molar-refractivity contribution is 0.0376. The van der Waals surface area contributed by atoms with E-state index in [1.54, 1.807) is 33.9 Å². The molecule has 0 saturated carbocycles. The van der Waals surface area contributed by atoms with E-state index in [2.05, 4.69) is 32.1 Å². The number of nitrogens with zero attached hydrogens (tertiary/aromatic N) is 3. The number of hydrogen-bond acceptors (Lipinski definition) is 6. The number of anilines is 2. The quantitative estimate of drug-likeness (QED) is 0.751. The zero-order chi connectivity index (χ0) is 21.1. The number of hydrogen-bond donors (Lipinski definition) is 2. The van der Waals surface area contributed by atoms with Gasteiger partial charge >= 0.3 is 5.97 Å². The van der Waals surface area contributed by atoms with Crippen LogP contribution in [0.5, 0.6) is 0 Å². The maximum atomic E-state index is 12.7. The van der Waals surface area contributed by atoms with Gasteiger partial charge in [-0.3, -0.25) is 4.79 Å². The summed E-state index contributed by atoms with van der Waals surface area (Å²) in [6.45, 7) is 11.0. The Hall–Kier alpha value is -2.87. The van der Waals surface area contributed by atoms with Gasteiger partial charge in [0.25, 0.3) is 5.91 Å². The van der Waals surface area contributed by atoms with Crippen LogP contribution in [0.15, 0.2) is 18.3 Å². The second-order valence-corrected chi connectivity index (χ2v) is 7.73. The summed E-state index contributed by atoms with van der Waals surface area (Å²) in [6, 6.07) is 3.76. The van der Waals surface area contributed by atoms with E-state index in [9.17, 15) is 9.59 Å². The van der Waals surface area contributed by atoms with Crippen molar-refractivity contribution in [1.82, 2.24) is 14.9 Å². The molecular weight excluding hydrogens is 370 g/mol. The van der Waals surface area contributed by atoms with Crippen LogP contribution in [0.25, 0.3) is 0 Å². The second-order valence-electron chi connectivity index (χ2n) is 7.73. The number of ether oxygens (including phenoxy) is 1. The van der Waals surface area contributed by atoms with Gasteiger partial charge in [0.15, 0.2) is 0 Å². The molecule has 0 radical (unpaired) electrons. The Kier molecular flexibility index (Phi) is 6.22. The topological polar surface area (TPSA) is 90.6 Å². The number of esters is 1. The van der Waals surface area contributed by atoms with Crippen molar-refractivity contribution >= 4 is 23.4 Å². The third kappa shape index (κ3) is 4.76. The highest BCUT2D eigenvalue weighted by molar-refractivity contribution is 6.06. The van der Waals surface area contributed by atoms with E-state index in [0.717, 1.165) is 32.0 Å². The molecular formula is C21H29N5O3. The lowest BCUT2D eigenvalue weighted by Gasteiger charge is -2.33. The van der Waals surface area contributed by atoms with Gasteiger partial charge in [0, 0.05) is 31.9 Å². The van der Waals surface area contributed by atoms with Crippen molar-refractivity contribution in [2.45, 2.75) is 33.8 Å². The van der Waals surface area contributed by atoms with Crippen LogP contribution in [0.2, 0.25) is 0 Å². The van der Waals surface area contributed by atoms with E-state index >= 15 is 0 Å². The van der Waals surface area contributed by atoms with Crippen LogP contribution >= 0.6 is 0 Å². The van der Waals surface area contributed by atoms with E-state index < -0.39 is 5.97 Å². The molecule has 1 fully saturated rings. The molecule has 156 valence electrons. The van der Waals surface area contributed by atoms with Gasteiger partial charge in [-0.1, -0.05) is 0 Å². The smallest absolute Gasteiger partial charge is 0.340 e. The van der Waals surface area contributed by atoms with Crippen LogP contribution in [0.4, 0.5) is 11.5 Å². The Bertz CT molecular complexity index is 880. The molecule has 8 nitrogen and oxygen atoms in total. The van der Waals surface area contributed by atoms with Crippen molar-refractivity contribution in [3.8, 4) is 0 Å². The zero-order valence-corrected chi connectivity index (χ0v) is 17.7. The van der Waals surface area contributed by atoms with Crippen LogP contribution in [0.3, 0.4) is 0 Å². The fourth-order valence-corrected chi connectivity index (χ4v) is 3.43. The van der Waals surface area contributed by atoms with Gasteiger partial charge in [-0.15, -0.1) is 0 Å². The minimum atomic E-state index is -0.427. The van der Waals surface area contributed by atoms with Gasteiger partial charge in [-0.05, 0) is 52.4 Å². The molecule has 0 atom stereocenters. The summed E-state index contributed by atoms with van der Waals surface area (Å²) >= 11 is 0. The van der Waals surface area contributed by atoms with Gasteiger partial charge in [0.2, 0.25) is 0 Å². The number of amides is 1. The molecule has 1 saturated heterocycles. The molecule has 1 amide bonds. The van der Waals surface area contributed by atoms with E-state index in [1.165, 1.54) is 0 Å². The minimum absolute atomic E-state index is 0.224. The molecule has 0 bridgehead atoms. The van der Waals surface area contributed by atoms with Gasteiger partial charge in [-0.2, -0.15) is 0 Å². The van der Waals surface area contributed by atoms with E-state index in [4.69, 9.17) is 4.74 Å². The summed E-state index contributed by atoms with van der Waals surface area (Å²) in [5.74, 6) is 0.161. The third-order valence-electron chi connectivity index (χ3n) is 5.04. The summed E-state index contributed by atoms with van der Waals surface area (Å²) in [6.07, 6.45) is 1.43. The molecule has 0 unspecified atom stereocenters. The molecule has 0 aromatic carbocycles. The number of carbonyl (C=O) groups is 2. The van der Waals surface area contributed by atoms with Gasteiger partial charge in [0.1, 0.15) is 11.5 Å². The number of aromatic nitrogens is 2. The third-order valence-corrected chi connectivity index (χ3v) is 5.04. The normalized spacial score (nSPS) is 14.9. The second kappa shape index (κ2) is 8.65. The lowest BCUT2D eigenvalue weighted by Crippen LogP contribution is -2.44. The van der Waals surface area contributed by atoms with Crippen LogP contribution in [-0.2, 0) is 4.74 Å². The van der Waals surface area contributed by atoms with Crippen LogP contribution in [-0.4, -0.2) is 66.1 Å². The summed E-state index contributed by atoms with van der Waals surface area (Å²) in [4.78, 5) is 37.1. The fourth-order valence-electron chi connectivity index (χ4n) is 3.43. The van der Waals surface area contributed by atoms with Crippen molar-refractivity contribution in [2.24, 2.45) is 0 Å². The van der Waals surface area contributed by atoms with Crippen LogP contribution in [0.1, 0.15) is 46.0 Å². The highest BCUT2D eigenvalue weighted by Gasteiger charge is 2.24. The molecule has 1 aliphatic rings. The predicted octanol–water partition coefficient (Wildman–Crippen LogP) is 2.60. The Labute approximate surface area is 171 Å². The molecule has 29 heavy (non-hydrogen) atoms. The maximum Gasteiger partial charge on any atom is 0.340 e. The fraction of sp³-hybridized carbons (Fsp3) is 0.476. The first-order chi connectivity index (χ1) is 13.8. The number of piperazine rings is 1. The molecule has 2 N–H and O–H groups in total. The van der Waals surface area contributed by atoms with E-state index in [-0.39, 0.29) is 12.0 Å². The number of likely N-dealkylation sites (N-methyl/N-ethyl adjacent to an activating group) is 1. The van der Waals surface area contributed by atoms with Crippen molar-refractivity contribution in [2.75, 3.05) is 43.4 Å². The van der Waals surface area contributed by atoms with Crippen molar-refractivity contribution in [3.05, 3.63) is 40.8 Å². The van der Waals surface area contributed by atoms with Gasteiger partial charge in [-0.25, -0.2) is 9.78 Å². The minimum Gasteiger partial charge on any atom is -0.459 e. The van der Waals surface area contributed by atoms with Crippen LogP contribution < -0.4 is 10.2 Å². The summed E-state index contributed by atoms with van der Waals surface area (Å²) in [7, 11) is 2.11. The molecule has 0 spiro atoms. The number of H-pyrrole nitrogens is 1. The Morgan fingerprint density at radius 2 is 1.86 bits per heavy atom. The first kappa shape index (κ1) is 20.9. The highest BCUT2D eigenvalue weighted by Crippen LogP contribution is 2.21. The Morgan fingerprint density at radius 1 is 1.17 bits per heavy atom. The summed E-state index contributed by atoms with van der Waals surface area (Å²) in [5.41, 5.74) is 2.55. The number of nitrogens with one attached hydrogen (secondary N) is 2. The number of aromatic amines is 1. The van der Waals surface area contributed by atoms with Crippen molar-refractivity contribution < 1.29 is 14.3 Å². The predicted molar refractivity (Wildman–Crippen MR) is 113 cm³/mol. The molecule has 0 aliphatic carbocycles. The van der Waals surface area contributed by atoms with E-state index in [1.807, 2.05) is 12.1 Å². The largest absolute Gasteiger partial charge is 0.459 e. The average Bonchev–Trinajstić information content (AvgIpc) is 2.97. The molecule has 3 rings (SSSR count). The number of carbonyl (C=O) groups excluding carboxylic acids is 2. The lowest BCUT2D eigenvalue weighted by atomic mass is 10.1. The molecule has 2 aromatic heterocycles. The standard InChI is InChI=1S/C21H29N5O3/c1-13(2)29-21(28)18-14(3)19(23-15(18)4)20(27)24-16-6-7-17(22-12-16)26-10-8-25(5)9-11-26/h6-7,12-13,23H,8-11H2,1-5H3,(H,24,27). The number of pyridine rings is 1.